The van der Waals surface area contributed by atoms with Gasteiger partial charge in [-0.1, -0.05) is 37.9 Å². The zero-order valence-corrected chi connectivity index (χ0v) is 12.7. The Morgan fingerprint density at radius 2 is 1.74 bits per heavy atom. The molecule has 5 heteroatoms. The van der Waals surface area contributed by atoms with Gasteiger partial charge in [-0.25, -0.2) is 0 Å². The molecule has 1 aliphatic heterocycles. The van der Waals surface area contributed by atoms with E-state index in [9.17, 15) is 10.0 Å². The number of carbonyl (C=O) groups excluding carboxylic acids is 1. The third-order valence-corrected chi connectivity index (χ3v) is 3.93. The van der Waals surface area contributed by atoms with Gasteiger partial charge in [-0.3, -0.25) is 4.79 Å². The summed E-state index contributed by atoms with van der Waals surface area (Å²) in [7, 11) is 0. The smallest absolute Gasteiger partial charge is 0.272 e. The van der Waals surface area contributed by atoms with E-state index in [1.165, 1.54) is 0 Å². The Morgan fingerprint density at radius 1 is 1.00 bits per heavy atom. The van der Waals surface area contributed by atoms with Crippen LogP contribution in [0.4, 0.5) is 5.69 Å². The van der Waals surface area contributed by atoms with Crippen molar-refractivity contribution >= 4 is 49.0 Å². The highest BCUT2D eigenvalue weighted by Gasteiger charge is 2.36. The first kappa shape index (κ1) is 12.6. The lowest BCUT2D eigenvalue weighted by Gasteiger charge is -2.02. The molecule has 0 N–H and O–H groups in total. The van der Waals surface area contributed by atoms with Crippen LogP contribution >= 0.6 is 31.9 Å². The van der Waals surface area contributed by atoms with E-state index >= 15 is 0 Å². The average molecular weight is 381 g/mol. The summed E-state index contributed by atoms with van der Waals surface area (Å²) < 4.78 is 2.30. The maximum Gasteiger partial charge on any atom is 0.272 e. The van der Waals surface area contributed by atoms with Gasteiger partial charge in [0.2, 0.25) is 5.69 Å². The number of halogens is 2. The second-order valence-electron chi connectivity index (χ2n) is 4.14. The van der Waals surface area contributed by atoms with Crippen LogP contribution < -0.4 is 0 Å². The highest BCUT2D eigenvalue weighted by molar-refractivity contribution is 9.10. The fourth-order valence-electron chi connectivity index (χ4n) is 2.09. The Kier molecular flexibility index (Phi) is 3.03. The molecule has 0 radical (unpaired) electrons. The minimum Gasteiger partial charge on any atom is -0.618 e. The molecule has 0 bridgehead atoms. The monoisotopic (exact) mass is 379 g/mol. The van der Waals surface area contributed by atoms with Crippen molar-refractivity contribution in [3.05, 3.63) is 67.7 Å². The molecular formula is C14H7Br2NO2. The van der Waals surface area contributed by atoms with Crippen molar-refractivity contribution in [2.24, 2.45) is 0 Å². The van der Waals surface area contributed by atoms with Gasteiger partial charge in [-0.2, -0.15) is 4.74 Å². The molecule has 3 nitrogen and oxygen atoms in total. The molecule has 0 aliphatic carbocycles. The second kappa shape index (κ2) is 4.58. The molecule has 0 atom stereocenters. The van der Waals surface area contributed by atoms with Crippen LogP contribution in [-0.4, -0.2) is 16.2 Å². The van der Waals surface area contributed by atoms with Crippen molar-refractivity contribution < 1.29 is 9.53 Å². The van der Waals surface area contributed by atoms with Crippen molar-refractivity contribution in [1.82, 2.24) is 0 Å². The summed E-state index contributed by atoms with van der Waals surface area (Å²) in [6.07, 6.45) is 0. The van der Waals surface area contributed by atoms with Crippen LogP contribution in [0.1, 0.15) is 15.9 Å². The predicted octanol–water partition coefficient (Wildman–Crippen LogP) is 4.04. The lowest BCUT2D eigenvalue weighted by atomic mass is 10.0. The highest BCUT2D eigenvalue weighted by Crippen LogP contribution is 2.31. The molecule has 2 aromatic carbocycles. The quantitative estimate of drug-likeness (QED) is 0.553. The molecule has 0 saturated heterocycles. The van der Waals surface area contributed by atoms with Crippen molar-refractivity contribution in [3.8, 4) is 0 Å². The molecule has 0 unspecified atom stereocenters. The minimum absolute atomic E-state index is 0.161. The Bertz CT molecular complexity index is 738. The van der Waals surface area contributed by atoms with Crippen molar-refractivity contribution in [1.29, 1.82) is 0 Å². The van der Waals surface area contributed by atoms with Crippen LogP contribution in [0.25, 0.3) is 0 Å². The number of fused-ring (bicyclic) bond motifs is 1. The van der Waals surface area contributed by atoms with Crippen molar-refractivity contribution in [3.63, 3.8) is 0 Å². The summed E-state index contributed by atoms with van der Waals surface area (Å²) in [5, 5.41) is 12.3. The summed E-state index contributed by atoms with van der Waals surface area (Å²) in [6.45, 7) is 0. The second-order valence-corrected chi connectivity index (χ2v) is 5.98. The summed E-state index contributed by atoms with van der Waals surface area (Å²) in [4.78, 5) is 12.3. The van der Waals surface area contributed by atoms with Crippen molar-refractivity contribution in [2.75, 3.05) is 0 Å². The van der Waals surface area contributed by atoms with Gasteiger partial charge >= 0.3 is 0 Å². The van der Waals surface area contributed by atoms with E-state index in [1.807, 2.05) is 6.07 Å². The molecule has 0 amide bonds. The zero-order valence-electron chi connectivity index (χ0n) is 9.56. The van der Waals surface area contributed by atoms with E-state index < -0.39 is 0 Å². The number of carbonyl (C=O) groups is 1. The van der Waals surface area contributed by atoms with Gasteiger partial charge in [-0.05, 0) is 30.3 Å². The van der Waals surface area contributed by atoms with Gasteiger partial charge in [0.05, 0.1) is 5.56 Å². The van der Waals surface area contributed by atoms with Crippen LogP contribution in [0, 0.1) is 5.21 Å². The molecule has 1 heterocycles. The Morgan fingerprint density at radius 3 is 2.47 bits per heavy atom. The van der Waals surface area contributed by atoms with E-state index in [1.54, 1.807) is 36.4 Å². The minimum atomic E-state index is -0.240. The summed E-state index contributed by atoms with van der Waals surface area (Å²) in [5.74, 6) is -0.240. The molecule has 0 saturated carbocycles. The maximum atomic E-state index is 12.3. The van der Waals surface area contributed by atoms with Gasteiger partial charge in [0.25, 0.3) is 11.5 Å². The molecule has 2 aromatic rings. The zero-order chi connectivity index (χ0) is 13.6. The lowest BCUT2D eigenvalue weighted by Crippen LogP contribution is -2.16. The number of Topliss-reactive ketones (excluding diaryl/α,β-unsaturated/α-hetero) is 1. The van der Waals surface area contributed by atoms with E-state index in [0.717, 1.165) is 8.95 Å². The van der Waals surface area contributed by atoms with Crippen LogP contribution in [0.2, 0.25) is 0 Å². The molecule has 0 fully saturated rings. The van der Waals surface area contributed by atoms with Crippen LogP contribution in [0.5, 0.6) is 0 Å². The molecule has 0 aromatic heterocycles. The topological polar surface area (TPSA) is 43.1 Å². The molecule has 1 aliphatic rings. The average Bonchev–Trinajstić information content (AvgIpc) is 2.61. The van der Waals surface area contributed by atoms with Gasteiger partial charge in [0.1, 0.15) is 5.56 Å². The number of rotatable bonds is 1. The molecule has 0 spiro atoms. The number of benzene rings is 2. The molecule has 19 heavy (non-hydrogen) atoms. The number of ketones is 1. The molecular weight excluding hydrogens is 374 g/mol. The predicted molar refractivity (Wildman–Crippen MR) is 80.0 cm³/mol. The van der Waals surface area contributed by atoms with E-state index in [4.69, 9.17) is 0 Å². The highest BCUT2D eigenvalue weighted by atomic mass is 79.9. The number of hydrogen-bond donors (Lipinski definition) is 0. The third-order valence-electron chi connectivity index (χ3n) is 2.94. The largest absolute Gasteiger partial charge is 0.618 e. The summed E-state index contributed by atoms with van der Waals surface area (Å²) in [6, 6.07) is 12.2. The molecule has 94 valence electrons. The summed E-state index contributed by atoms with van der Waals surface area (Å²) >= 11 is 6.65. The van der Waals surface area contributed by atoms with E-state index in [-0.39, 0.29) is 11.5 Å². The fourth-order valence-corrected chi connectivity index (χ4v) is 2.84. The normalized spacial score (nSPS) is 13.9. The van der Waals surface area contributed by atoms with Gasteiger partial charge in [-0.15, -0.1) is 0 Å². The molecule has 3 rings (SSSR count). The standard InChI is InChI=1S/C14H7Br2NO2/c15-9-3-1-2-8(6-9)13-14(18)11-5-4-10(16)7-12(11)17(13)19/h1-7H. The van der Waals surface area contributed by atoms with Crippen LogP contribution in [0.15, 0.2) is 51.4 Å². The first-order valence-electron chi connectivity index (χ1n) is 5.52. The van der Waals surface area contributed by atoms with Crippen LogP contribution in [0.3, 0.4) is 0 Å². The first-order valence-corrected chi connectivity index (χ1v) is 7.11. The van der Waals surface area contributed by atoms with E-state index in [2.05, 4.69) is 31.9 Å². The van der Waals surface area contributed by atoms with Crippen molar-refractivity contribution in [2.45, 2.75) is 0 Å². The van der Waals surface area contributed by atoms with Crippen LogP contribution in [-0.2, 0) is 0 Å². The Labute approximate surface area is 126 Å². The Balaban J connectivity index is 2.22. The maximum absolute atomic E-state index is 12.3. The van der Waals surface area contributed by atoms with Gasteiger partial charge < -0.3 is 5.21 Å². The van der Waals surface area contributed by atoms with Gasteiger partial charge in [0.15, 0.2) is 0 Å². The fraction of sp³-hybridized carbons (Fsp3) is 0. The van der Waals surface area contributed by atoms with Gasteiger partial charge in [0, 0.05) is 15.0 Å². The first-order chi connectivity index (χ1) is 9.08. The summed E-state index contributed by atoms with van der Waals surface area (Å²) in [5.41, 5.74) is 1.60. The Hall–Kier alpha value is -1.46. The lowest BCUT2D eigenvalue weighted by molar-refractivity contribution is -0.355. The van der Waals surface area contributed by atoms with E-state index in [0.29, 0.717) is 21.6 Å². The number of nitrogens with zero attached hydrogens (tertiary/aromatic N) is 1. The number of hydrogen-bond acceptors (Lipinski definition) is 2. The third kappa shape index (κ3) is 2.03. The SMILES string of the molecule is O=C1C(c2cccc(Br)c2)=[N+]([O-])c2cc(Br)ccc21.